The molecule has 2 rings (SSSR count). The summed E-state index contributed by atoms with van der Waals surface area (Å²) in [6.07, 6.45) is 2.80. The molecule has 0 saturated heterocycles. The molecule has 1 aromatic carbocycles. The van der Waals surface area contributed by atoms with Crippen LogP contribution >= 0.6 is 0 Å². The van der Waals surface area contributed by atoms with Crippen LogP contribution in [-0.2, 0) is 36.8 Å². The summed E-state index contributed by atoms with van der Waals surface area (Å²) >= 11 is 0. The van der Waals surface area contributed by atoms with E-state index in [-0.39, 0.29) is 25.7 Å². The van der Waals surface area contributed by atoms with Crippen molar-refractivity contribution in [1.29, 1.82) is 0 Å². The molecule has 1 heterocycles. The van der Waals surface area contributed by atoms with Gasteiger partial charge < -0.3 is 37.5 Å². The van der Waals surface area contributed by atoms with Gasteiger partial charge in [0.05, 0.1) is 12.4 Å². The van der Waals surface area contributed by atoms with E-state index < -0.39 is 59.7 Å². The Hall–Kier alpha value is -4.26. The Balaban J connectivity index is 2.10. The lowest BCUT2D eigenvalue weighted by Crippen LogP contribution is -2.58. The number of rotatable bonds is 15. The lowest BCUT2D eigenvalue weighted by molar-refractivity contribution is -0.142. The van der Waals surface area contributed by atoms with Crippen LogP contribution in [0.1, 0.15) is 37.9 Å². The number of benzene rings is 1. The summed E-state index contributed by atoms with van der Waals surface area (Å²) in [5.41, 5.74) is 12.5. The van der Waals surface area contributed by atoms with Gasteiger partial charge in [-0.2, -0.15) is 0 Å². The van der Waals surface area contributed by atoms with Crippen LogP contribution < -0.4 is 27.4 Å². The van der Waals surface area contributed by atoms with Crippen molar-refractivity contribution in [2.75, 3.05) is 0 Å². The molecule has 0 aliphatic rings. The van der Waals surface area contributed by atoms with Crippen LogP contribution in [0.15, 0.2) is 42.9 Å². The molecule has 38 heavy (non-hydrogen) atoms. The predicted octanol–water partition coefficient (Wildman–Crippen LogP) is -1.02. The Morgan fingerprint density at radius 2 is 1.61 bits per heavy atom. The third-order valence-corrected chi connectivity index (χ3v) is 5.79. The van der Waals surface area contributed by atoms with Gasteiger partial charge in [0.1, 0.15) is 18.1 Å². The molecule has 0 saturated carbocycles. The number of carbonyl (C=O) groups is 5. The zero-order valence-corrected chi connectivity index (χ0v) is 21.3. The quantitative estimate of drug-likeness (QED) is 0.151. The number of aromatic amines is 1. The number of primary amides is 1. The summed E-state index contributed by atoms with van der Waals surface area (Å²) in [6, 6.07) is 4.22. The number of aliphatic carboxylic acids is 1. The molecular weight excluding hydrogens is 494 g/mol. The van der Waals surface area contributed by atoms with E-state index in [1.54, 1.807) is 44.2 Å². The van der Waals surface area contributed by atoms with Gasteiger partial charge >= 0.3 is 5.97 Å². The normalized spacial score (nSPS) is 14.1. The van der Waals surface area contributed by atoms with Crippen LogP contribution in [0.5, 0.6) is 0 Å². The van der Waals surface area contributed by atoms with Crippen LogP contribution in [0, 0.1) is 5.92 Å². The van der Waals surface area contributed by atoms with Gasteiger partial charge in [0, 0.05) is 31.2 Å². The van der Waals surface area contributed by atoms with Gasteiger partial charge in [0.25, 0.3) is 0 Å². The van der Waals surface area contributed by atoms with Crippen molar-refractivity contribution in [2.24, 2.45) is 17.4 Å². The number of H-pyrrole nitrogens is 1. The fourth-order valence-electron chi connectivity index (χ4n) is 3.66. The standard InChI is InChI=1S/C25H35N7O6/c1-14(2)21(24(36)31-19(25(37)38)10-15-6-4-3-5-7-15)32-23(35)18(8-9-20(27)33)30-22(34)17(26)11-16-12-28-13-29-16/h3-7,12-14,17-19,21H,8-11,26H2,1-2H3,(H2,27,33)(H,28,29)(H,30,34)(H,31,36)(H,32,35)(H,37,38). The van der Waals surface area contributed by atoms with E-state index in [9.17, 15) is 29.1 Å². The highest BCUT2D eigenvalue weighted by Crippen LogP contribution is 2.08. The number of nitrogens with zero attached hydrogens (tertiary/aromatic N) is 1. The number of carboxylic acids is 1. The van der Waals surface area contributed by atoms with Crippen molar-refractivity contribution in [1.82, 2.24) is 25.9 Å². The largest absolute Gasteiger partial charge is 0.480 e. The first kappa shape index (κ1) is 30.0. The van der Waals surface area contributed by atoms with Crippen LogP contribution in [0.3, 0.4) is 0 Å². The molecule has 4 atom stereocenters. The lowest BCUT2D eigenvalue weighted by Gasteiger charge is -2.27. The summed E-state index contributed by atoms with van der Waals surface area (Å²) in [5.74, 6) is -4.43. The molecule has 0 radical (unpaired) electrons. The second-order valence-corrected chi connectivity index (χ2v) is 9.27. The maximum atomic E-state index is 13.1. The summed E-state index contributed by atoms with van der Waals surface area (Å²) < 4.78 is 0. The van der Waals surface area contributed by atoms with Crippen LogP contribution in [0.2, 0.25) is 0 Å². The minimum Gasteiger partial charge on any atom is -0.480 e. The highest BCUT2D eigenvalue weighted by molar-refractivity contribution is 5.94. The van der Waals surface area contributed by atoms with Gasteiger partial charge in [-0.05, 0) is 17.9 Å². The highest BCUT2D eigenvalue weighted by Gasteiger charge is 2.32. The van der Waals surface area contributed by atoms with E-state index in [0.717, 1.165) is 0 Å². The smallest absolute Gasteiger partial charge is 0.326 e. The van der Waals surface area contributed by atoms with E-state index in [1.807, 2.05) is 0 Å². The Morgan fingerprint density at radius 3 is 2.16 bits per heavy atom. The molecule has 0 bridgehead atoms. The average molecular weight is 530 g/mol. The fourth-order valence-corrected chi connectivity index (χ4v) is 3.66. The number of nitrogens with two attached hydrogens (primary N) is 2. The second-order valence-electron chi connectivity index (χ2n) is 9.27. The molecule has 206 valence electrons. The van der Waals surface area contributed by atoms with Gasteiger partial charge in [0.2, 0.25) is 23.6 Å². The molecule has 0 fully saturated rings. The Kier molecular flexibility index (Phi) is 11.4. The molecule has 1 aromatic heterocycles. The first-order valence-corrected chi connectivity index (χ1v) is 12.2. The molecule has 13 heteroatoms. The number of hydrogen-bond donors (Lipinski definition) is 7. The van der Waals surface area contributed by atoms with Crippen molar-refractivity contribution in [3.63, 3.8) is 0 Å². The number of nitrogens with one attached hydrogen (secondary N) is 4. The lowest BCUT2D eigenvalue weighted by atomic mass is 10.00. The predicted molar refractivity (Wildman–Crippen MR) is 137 cm³/mol. The SMILES string of the molecule is CC(C)C(NC(=O)C(CCC(N)=O)NC(=O)C(N)Cc1cnc[nH]1)C(=O)NC(Cc1ccccc1)C(=O)O. The van der Waals surface area contributed by atoms with Gasteiger partial charge in [0.15, 0.2) is 0 Å². The van der Waals surface area contributed by atoms with E-state index in [1.165, 1.54) is 12.5 Å². The Labute approximate surface area is 220 Å². The van der Waals surface area contributed by atoms with E-state index in [2.05, 4.69) is 25.9 Å². The van der Waals surface area contributed by atoms with E-state index in [4.69, 9.17) is 11.5 Å². The Bertz CT molecular complexity index is 1090. The number of aromatic nitrogens is 2. The number of hydrogen-bond acceptors (Lipinski definition) is 7. The van der Waals surface area contributed by atoms with Gasteiger partial charge in [-0.3, -0.25) is 19.2 Å². The maximum Gasteiger partial charge on any atom is 0.326 e. The highest BCUT2D eigenvalue weighted by atomic mass is 16.4. The van der Waals surface area contributed by atoms with Gasteiger partial charge in [-0.15, -0.1) is 0 Å². The molecular formula is C25H35N7O6. The van der Waals surface area contributed by atoms with Gasteiger partial charge in [-0.1, -0.05) is 44.2 Å². The van der Waals surface area contributed by atoms with E-state index in [0.29, 0.717) is 11.3 Å². The monoisotopic (exact) mass is 529 g/mol. The number of carbonyl (C=O) groups excluding carboxylic acids is 4. The number of imidazole rings is 1. The third-order valence-electron chi connectivity index (χ3n) is 5.79. The Morgan fingerprint density at radius 1 is 0.947 bits per heavy atom. The fraction of sp³-hybridized carbons (Fsp3) is 0.440. The maximum absolute atomic E-state index is 13.1. The first-order chi connectivity index (χ1) is 18.0. The summed E-state index contributed by atoms with van der Waals surface area (Å²) in [7, 11) is 0. The van der Waals surface area contributed by atoms with Crippen molar-refractivity contribution in [3.8, 4) is 0 Å². The molecule has 0 aliphatic carbocycles. The van der Waals surface area contributed by atoms with Crippen LogP contribution in [-0.4, -0.2) is 68.8 Å². The first-order valence-electron chi connectivity index (χ1n) is 12.2. The van der Waals surface area contributed by atoms with Crippen LogP contribution in [0.25, 0.3) is 0 Å². The van der Waals surface area contributed by atoms with Crippen molar-refractivity contribution >= 4 is 29.6 Å². The minimum absolute atomic E-state index is 0.0478. The molecule has 2 aromatic rings. The summed E-state index contributed by atoms with van der Waals surface area (Å²) in [5, 5.41) is 17.2. The molecule has 13 nitrogen and oxygen atoms in total. The van der Waals surface area contributed by atoms with Gasteiger partial charge in [-0.25, -0.2) is 9.78 Å². The summed E-state index contributed by atoms with van der Waals surface area (Å²) in [6.45, 7) is 3.35. The molecule has 0 spiro atoms. The van der Waals surface area contributed by atoms with Crippen LogP contribution in [0.4, 0.5) is 0 Å². The third kappa shape index (κ3) is 9.65. The number of carboxylic acid groups (broad SMARTS) is 1. The van der Waals surface area contributed by atoms with Crippen molar-refractivity contribution < 1.29 is 29.1 Å². The van der Waals surface area contributed by atoms with E-state index >= 15 is 0 Å². The topological polar surface area (TPSA) is 222 Å². The zero-order chi connectivity index (χ0) is 28.2. The molecule has 0 aliphatic heterocycles. The summed E-state index contributed by atoms with van der Waals surface area (Å²) in [4.78, 5) is 68.7. The average Bonchev–Trinajstić information content (AvgIpc) is 3.37. The molecule has 4 amide bonds. The molecule has 4 unspecified atom stereocenters. The molecule has 9 N–H and O–H groups in total. The van der Waals surface area contributed by atoms with Crippen molar-refractivity contribution in [2.45, 2.75) is 63.7 Å². The zero-order valence-electron chi connectivity index (χ0n) is 21.3. The number of amides is 4. The second kappa shape index (κ2) is 14.5. The van der Waals surface area contributed by atoms with Crippen molar-refractivity contribution in [3.05, 3.63) is 54.1 Å². The minimum atomic E-state index is -1.23.